The van der Waals surface area contributed by atoms with E-state index in [4.69, 9.17) is 11.6 Å². The van der Waals surface area contributed by atoms with Crippen LogP contribution in [0.1, 0.15) is 22.3 Å². The maximum absolute atomic E-state index is 13.2. The van der Waals surface area contributed by atoms with E-state index >= 15 is 0 Å². The van der Waals surface area contributed by atoms with Crippen molar-refractivity contribution in [2.24, 2.45) is 0 Å². The molecule has 0 atom stereocenters. The molecule has 0 bridgehead atoms. The van der Waals surface area contributed by atoms with Crippen LogP contribution in [0.25, 0.3) is 11.3 Å². The van der Waals surface area contributed by atoms with Crippen molar-refractivity contribution >= 4 is 34.9 Å². The number of nitrogens with one attached hydrogen (secondary N) is 1. The second-order valence-electron chi connectivity index (χ2n) is 5.59. The van der Waals surface area contributed by atoms with Gasteiger partial charge in [-0.05, 0) is 24.0 Å². The number of carbonyl (C=O) groups excluding carboxylic acids is 1. The van der Waals surface area contributed by atoms with Gasteiger partial charge < -0.3 is 14.8 Å². The molecule has 3 heterocycles. The van der Waals surface area contributed by atoms with Gasteiger partial charge in [0.15, 0.2) is 17.3 Å². The molecule has 0 unspecified atom stereocenters. The van der Waals surface area contributed by atoms with Crippen molar-refractivity contribution in [3.05, 3.63) is 40.1 Å². The molecule has 1 amide bonds. The number of fused-ring (bicyclic) bond motifs is 1. The molecule has 28 heavy (non-hydrogen) atoms. The van der Waals surface area contributed by atoms with E-state index in [0.717, 1.165) is 11.5 Å². The van der Waals surface area contributed by atoms with Crippen LogP contribution in [-0.2, 0) is 6.42 Å². The van der Waals surface area contributed by atoms with Crippen LogP contribution in [-0.4, -0.2) is 31.8 Å². The fraction of sp³-hybridized carbons (Fsp3) is 0.188. The molecule has 1 aliphatic rings. The predicted molar refractivity (Wildman–Crippen MR) is 95.9 cm³/mol. The maximum atomic E-state index is 13.2. The number of anilines is 1. The third kappa shape index (κ3) is 3.45. The van der Waals surface area contributed by atoms with Crippen LogP contribution in [0.2, 0.25) is 5.02 Å². The maximum Gasteiger partial charge on any atom is 0.586 e. The summed E-state index contributed by atoms with van der Waals surface area (Å²) in [5.41, 5.74) is 1.22. The molecule has 2 aromatic heterocycles. The molecule has 0 fully saturated rings. The van der Waals surface area contributed by atoms with Crippen LogP contribution >= 0.6 is 23.1 Å². The number of benzene rings is 1. The molecule has 0 aliphatic carbocycles. The van der Waals surface area contributed by atoms with Crippen molar-refractivity contribution < 1.29 is 23.0 Å². The predicted octanol–water partition coefficient (Wildman–Crippen LogP) is 3.78. The second-order valence-corrected chi connectivity index (χ2v) is 6.75. The minimum Gasteiger partial charge on any atom is -0.395 e. The van der Waals surface area contributed by atoms with E-state index in [9.17, 15) is 13.6 Å². The zero-order valence-electron chi connectivity index (χ0n) is 14.1. The Morgan fingerprint density at radius 3 is 2.68 bits per heavy atom. The largest absolute Gasteiger partial charge is 0.586 e. The molecular formula is C16H10ClF2N5O3S. The van der Waals surface area contributed by atoms with Crippen LogP contribution in [0.15, 0.2) is 24.5 Å². The van der Waals surface area contributed by atoms with E-state index in [1.807, 2.05) is 6.92 Å². The van der Waals surface area contributed by atoms with Gasteiger partial charge in [0.1, 0.15) is 4.88 Å². The van der Waals surface area contributed by atoms with Crippen LogP contribution < -0.4 is 14.8 Å². The Bertz CT molecular complexity index is 1060. The lowest BCUT2D eigenvalue weighted by atomic mass is 10.1. The summed E-state index contributed by atoms with van der Waals surface area (Å²) in [4.78, 5) is 21.0. The minimum atomic E-state index is -3.74. The highest BCUT2D eigenvalue weighted by Gasteiger charge is 2.43. The summed E-state index contributed by atoms with van der Waals surface area (Å²) in [5.74, 6) is -0.515. The molecule has 4 rings (SSSR count). The number of alkyl halides is 2. The lowest BCUT2D eigenvalue weighted by Gasteiger charge is -2.07. The average Bonchev–Trinajstić information content (AvgIpc) is 3.24. The first kappa shape index (κ1) is 18.4. The summed E-state index contributed by atoms with van der Waals surface area (Å²) in [6, 6.07) is 2.50. The molecule has 1 N–H and O–H groups in total. The van der Waals surface area contributed by atoms with Gasteiger partial charge >= 0.3 is 6.29 Å². The second kappa shape index (κ2) is 6.91. The highest BCUT2D eigenvalue weighted by Crippen LogP contribution is 2.45. The molecule has 12 heteroatoms. The molecule has 8 nitrogen and oxygen atoms in total. The fourth-order valence-corrected chi connectivity index (χ4v) is 3.38. The normalized spacial score (nSPS) is 14.1. The zero-order valence-corrected chi connectivity index (χ0v) is 15.6. The molecule has 3 aromatic rings. The molecule has 0 saturated heterocycles. The number of aryl methyl sites for hydroxylation is 1. The summed E-state index contributed by atoms with van der Waals surface area (Å²) < 4.78 is 38.9. The summed E-state index contributed by atoms with van der Waals surface area (Å²) in [5, 5.41) is 6.62. The molecule has 144 valence electrons. The van der Waals surface area contributed by atoms with Gasteiger partial charge in [0.2, 0.25) is 0 Å². The SMILES string of the molecule is CCc1nnsc1C(=O)Nc1cnc(-c2cc3c(cc2Cl)OC(F)(F)O3)cn1. The van der Waals surface area contributed by atoms with Gasteiger partial charge in [0.05, 0.1) is 28.8 Å². The quantitative estimate of drug-likeness (QED) is 0.678. The topological polar surface area (TPSA) is 99.1 Å². The third-order valence-corrected chi connectivity index (χ3v) is 4.84. The third-order valence-electron chi connectivity index (χ3n) is 3.76. The number of halogens is 3. The van der Waals surface area contributed by atoms with Crippen molar-refractivity contribution in [1.29, 1.82) is 0 Å². The summed E-state index contributed by atoms with van der Waals surface area (Å²) in [6.07, 6.45) is -0.496. The van der Waals surface area contributed by atoms with E-state index in [0.29, 0.717) is 28.2 Å². The Morgan fingerprint density at radius 2 is 2.00 bits per heavy atom. The zero-order chi connectivity index (χ0) is 19.9. The van der Waals surface area contributed by atoms with Crippen molar-refractivity contribution in [2.45, 2.75) is 19.6 Å². The Kier molecular flexibility index (Phi) is 4.55. The number of carbonyl (C=O) groups is 1. The van der Waals surface area contributed by atoms with Gasteiger partial charge in [-0.3, -0.25) is 9.78 Å². The Hall–Kier alpha value is -2.92. The summed E-state index contributed by atoms with van der Waals surface area (Å²) in [7, 11) is 0. The highest BCUT2D eigenvalue weighted by atomic mass is 35.5. The standard InChI is InChI=1S/C16H10ClF2N5O3S/c1-2-9-14(28-24-23-9)15(25)22-13-6-20-10(5-21-13)7-3-11-12(4-8(7)17)27-16(18,19)26-11/h3-6H,2H2,1H3,(H,21,22,25). The van der Waals surface area contributed by atoms with Crippen LogP contribution in [0.4, 0.5) is 14.6 Å². The van der Waals surface area contributed by atoms with Gasteiger partial charge in [-0.15, -0.1) is 13.9 Å². The number of aromatic nitrogens is 4. The molecule has 0 radical (unpaired) electrons. The monoisotopic (exact) mass is 425 g/mol. The van der Waals surface area contributed by atoms with Gasteiger partial charge in [-0.1, -0.05) is 23.0 Å². The highest BCUT2D eigenvalue weighted by molar-refractivity contribution is 7.08. The lowest BCUT2D eigenvalue weighted by molar-refractivity contribution is -0.286. The molecule has 0 spiro atoms. The Morgan fingerprint density at radius 1 is 1.25 bits per heavy atom. The van der Waals surface area contributed by atoms with Gasteiger partial charge in [0, 0.05) is 11.6 Å². The van der Waals surface area contributed by atoms with Crippen molar-refractivity contribution in [2.75, 3.05) is 5.32 Å². The van der Waals surface area contributed by atoms with Gasteiger partial charge in [-0.2, -0.15) is 0 Å². The smallest absolute Gasteiger partial charge is 0.395 e. The summed E-state index contributed by atoms with van der Waals surface area (Å²) in [6.45, 7) is 1.87. The first-order valence-corrected chi connectivity index (χ1v) is 9.06. The van der Waals surface area contributed by atoms with Crippen LogP contribution in [0, 0.1) is 0 Å². The van der Waals surface area contributed by atoms with Crippen molar-refractivity contribution in [3.8, 4) is 22.8 Å². The lowest BCUT2D eigenvalue weighted by Crippen LogP contribution is -2.25. The van der Waals surface area contributed by atoms with Gasteiger partial charge in [0.25, 0.3) is 5.91 Å². The number of hydrogen-bond donors (Lipinski definition) is 1. The average molecular weight is 426 g/mol. The number of amides is 1. The van der Waals surface area contributed by atoms with E-state index in [2.05, 4.69) is 34.3 Å². The number of nitrogens with zero attached hydrogens (tertiary/aromatic N) is 4. The van der Waals surface area contributed by atoms with Gasteiger partial charge in [-0.25, -0.2) is 4.98 Å². The summed E-state index contributed by atoms with van der Waals surface area (Å²) >= 11 is 7.12. The number of hydrogen-bond acceptors (Lipinski definition) is 8. The molecule has 1 aromatic carbocycles. The van der Waals surface area contributed by atoms with Crippen molar-refractivity contribution in [1.82, 2.24) is 19.6 Å². The fourth-order valence-electron chi connectivity index (χ4n) is 2.48. The Labute approximate surface area is 165 Å². The van der Waals surface area contributed by atoms with E-state index in [-0.39, 0.29) is 22.3 Å². The minimum absolute atomic E-state index is 0.134. The molecule has 0 saturated carbocycles. The Balaban J connectivity index is 1.55. The van der Waals surface area contributed by atoms with Crippen molar-refractivity contribution in [3.63, 3.8) is 0 Å². The first-order valence-electron chi connectivity index (χ1n) is 7.90. The van der Waals surface area contributed by atoms with E-state index in [1.54, 1.807) is 0 Å². The van der Waals surface area contributed by atoms with Crippen LogP contribution in [0.5, 0.6) is 11.5 Å². The molecule has 1 aliphatic heterocycles. The van der Waals surface area contributed by atoms with E-state index in [1.165, 1.54) is 24.5 Å². The van der Waals surface area contributed by atoms with E-state index < -0.39 is 12.2 Å². The number of rotatable bonds is 4. The molecular weight excluding hydrogens is 416 g/mol. The number of ether oxygens (including phenoxy) is 2. The van der Waals surface area contributed by atoms with Crippen LogP contribution in [0.3, 0.4) is 0 Å². The first-order chi connectivity index (χ1) is 13.4.